The molecule has 1 aliphatic rings. The van der Waals surface area contributed by atoms with Gasteiger partial charge in [0.25, 0.3) is 0 Å². The number of rotatable bonds is 1. The lowest BCUT2D eigenvalue weighted by Gasteiger charge is -2.19. The first-order chi connectivity index (χ1) is 4.83. The van der Waals surface area contributed by atoms with Crippen LogP contribution in [0, 0.1) is 5.92 Å². The molecule has 1 rings (SSSR count). The minimum atomic E-state index is 0.792. The van der Waals surface area contributed by atoms with Gasteiger partial charge in [0, 0.05) is 0 Å². The summed E-state index contributed by atoms with van der Waals surface area (Å²) in [5.41, 5.74) is 1.34. The predicted molar refractivity (Wildman–Crippen MR) is 41.8 cm³/mol. The van der Waals surface area contributed by atoms with Crippen molar-refractivity contribution in [2.24, 2.45) is 5.92 Å². The Morgan fingerprint density at radius 3 is 3.00 bits per heavy atom. The van der Waals surface area contributed by atoms with Crippen LogP contribution in [0.25, 0.3) is 0 Å². The second kappa shape index (κ2) is 3.55. The van der Waals surface area contributed by atoms with Crippen LogP contribution in [0.15, 0.2) is 11.6 Å². The first-order valence-corrected chi connectivity index (χ1v) is 3.96. The van der Waals surface area contributed by atoms with Crippen molar-refractivity contribution in [2.45, 2.75) is 32.6 Å². The molecule has 1 atom stereocenters. The van der Waals surface area contributed by atoms with Crippen LogP contribution in [0.5, 0.6) is 0 Å². The van der Waals surface area contributed by atoms with Crippen molar-refractivity contribution in [1.82, 2.24) is 0 Å². The molecule has 0 bridgehead atoms. The minimum Gasteiger partial charge on any atom is -0.299 e. The fourth-order valence-electron chi connectivity index (χ4n) is 1.58. The van der Waals surface area contributed by atoms with E-state index < -0.39 is 0 Å². The normalized spacial score (nSPS) is 30.5. The molecule has 0 aromatic heterocycles. The van der Waals surface area contributed by atoms with Crippen molar-refractivity contribution < 1.29 is 4.79 Å². The monoisotopic (exact) mass is 138 g/mol. The highest BCUT2D eigenvalue weighted by atomic mass is 16.1. The van der Waals surface area contributed by atoms with Gasteiger partial charge in [0.15, 0.2) is 0 Å². The van der Waals surface area contributed by atoms with Crippen LogP contribution in [0.4, 0.5) is 0 Å². The highest BCUT2D eigenvalue weighted by molar-refractivity contribution is 5.66. The number of hydrogen-bond acceptors (Lipinski definition) is 1. The number of hydrogen-bond donors (Lipinski definition) is 0. The van der Waals surface area contributed by atoms with E-state index >= 15 is 0 Å². The van der Waals surface area contributed by atoms with Gasteiger partial charge in [-0.1, -0.05) is 18.9 Å². The van der Waals surface area contributed by atoms with Gasteiger partial charge in [0.05, 0.1) is 0 Å². The van der Waals surface area contributed by atoms with E-state index in [1.54, 1.807) is 6.08 Å². The number of carbonyl (C=O) groups excluding carboxylic acids is 1. The summed E-state index contributed by atoms with van der Waals surface area (Å²) < 4.78 is 0. The molecule has 0 saturated heterocycles. The van der Waals surface area contributed by atoms with E-state index in [1.807, 2.05) is 0 Å². The molecule has 0 radical (unpaired) electrons. The number of aldehydes is 1. The lowest BCUT2D eigenvalue weighted by molar-refractivity contribution is -0.104. The van der Waals surface area contributed by atoms with Gasteiger partial charge in [0.2, 0.25) is 0 Å². The van der Waals surface area contributed by atoms with Crippen molar-refractivity contribution in [3.63, 3.8) is 0 Å². The topological polar surface area (TPSA) is 17.1 Å². The first-order valence-electron chi connectivity index (χ1n) is 3.96. The molecule has 0 aromatic carbocycles. The van der Waals surface area contributed by atoms with Crippen molar-refractivity contribution >= 4 is 6.29 Å². The van der Waals surface area contributed by atoms with Gasteiger partial charge in [-0.25, -0.2) is 0 Å². The molecule has 0 spiro atoms. The van der Waals surface area contributed by atoms with Crippen molar-refractivity contribution in [3.8, 4) is 0 Å². The average Bonchev–Trinajstić information content (AvgIpc) is 1.88. The molecular formula is C9H14O. The molecule has 56 valence electrons. The zero-order valence-corrected chi connectivity index (χ0v) is 6.47. The predicted octanol–water partition coefficient (Wildman–Crippen LogP) is 2.32. The second-order valence-electron chi connectivity index (χ2n) is 3.16. The Labute approximate surface area is 62.1 Å². The standard InChI is InChI=1S/C9H14O/c1-8-3-2-4-9(7-8)5-6-10/h5-6,8H,2-4,7H2,1H3/b9-5-/t8-/m1/s1. The van der Waals surface area contributed by atoms with Gasteiger partial charge >= 0.3 is 0 Å². The van der Waals surface area contributed by atoms with Crippen LogP contribution in [0.2, 0.25) is 0 Å². The Bertz CT molecular complexity index is 147. The van der Waals surface area contributed by atoms with Gasteiger partial charge in [-0.15, -0.1) is 0 Å². The molecule has 1 nitrogen and oxygen atoms in total. The molecule has 0 aromatic rings. The third-order valence-corrected chi connectivity index (χ3v) is 2.11. The molecule has 1 saturated carbocycles. The van der Waals surface area contributed by atoms with Gasteiger partial charge in [-0.05, 0) is 31.3 Å². The summed E-state index contributed by atoms with van der Waals surface area (Å²) in [5.74, 6) is 0.792. The maximum absolute atomic E-state index is 10.1. The molecule has 10 heavy (non-hydrogen) atoms. The fourth-order valence-corrected chi connectivity index (χ4v) is 1.58. The van der Waals surface area contributed by atoms with Crippen LogP contribution in [0.3, 0.4) is 0 Å². The largest absolute Gasteiger partial charge is 0.299 e. The molecule has 1 fully saturated rings. The molecule has 0 unspecified atom stereocenters. The third kappa shape index (κ3) is 1.98. The van der Waals surface area contributed by atoms with E-state index in [9.17, 15) is 4.79 Å². The maximum Gasteiger partial charge on any atom is 0.142 e. The molecule has 0 aliphatic heterocycles. The van der Waals surface area contributed by atoms with Crippen molar-refractivity contribution in [1.29, 1.82) is 0 Å². The fraction of sp³-hybridized carbons (Fsp3) is 0.667. The van der Waals surface area contributed by atoms with Gasteiger partial charge in [-0.3, -0.25) is 4.79 Å². The number of carbonyl (C=O) groups is 1. The maximum atomic E-state index is 10.1. The van der Waals surface area contributed by atoms with Crippen LogP contribution < -0.4 is 0 Å². The van der Waals surface area contributed by atoms with E-state index in [4.69, 9.17) is 0 Å². The van der Waals surface area contributed by atoms with Crippen molar-refractivity contribution in [3.05, 3.63) is 11.6 Å². The number of allylic oxidation sites excluding steroid dienone is 2. The zero-order chi connectivity index (χ0) is 7.40. The Balaban J connectivity index is 2.46. The van der Waals surface area contributed by atoms with Crippen LogP contribution in [-0.2, 0) is 4.79 Å². The van der Waals surface area contributed by atoms with Crippen LogP contribution in [-0.4, -0.2) is 6.29 Å². The van der Waals surface area contributed by atoms with Crippen LogP contribution in [0.1, 0.15) is 32.6 Å². The quantitative estimate of drug-likeness (QED) is 0.401. The molecule has 0 heterocycles. The smallest absolute Gasteiger partial charge is 0.142 e. The van der Waals surface area contributed by atoms with E-state index in [0.717, 1.165) is 25.0 Å². The summed E-state index contributed by atoms with van der Waals surface area (Å²) in [4.78, 5) is 10.1. The Kier molecular flexibility index (Phi) is 2.67. The molecule has 0 amide bonds. The summed E-state index contributed by atoms with van der Waals surface area (Å²) >= 11 is 0. The van der Waals surface area contributed by atoms with Gasteiger partial charge in [-0.2, -0.15) is 0 Å². The Morgan fingerprint density at radius 1 is 1.60 bits per heavy atom. The minimum absolute atomic E-state index is 0.792. The molecular weight excluding hydrogens is 124 g/mol. The third-order valence-electron chi connectivity index (χ3n) is 2.11. The average molecular weight is 138 g/mol. The second-order valence-corrected chi connectivity index (χ2v) is 3.16. The van der Waals surface area contributed by atoms with E-state index in [2.05, 4.69) is 6.92 Å². The van der Waals surface area contributed by atoms with E-state index in [-0.39, 0.29) is 0 Å². The van der Waals surface area contributed by atoms with Gasteiger partial charge < -0.3 is 0 Å². The van der Waals surface area contributed by atoms with Gasteiger partial charge in [0.1, 0.15) is 6.29 Å². The SMILES string of the molecule is C[C@@H]1CCC/C(=C/C=O)C1. The highest BCUT2D eigenvalue weighted by Crippen LogP contribution is 2.27. The Hall–Kier alpha value is -0.590. The van der Waals surface area contributed by atoms with E-state index in [0.29, 0.717) is 0 Å². The summed E-state index contributed by atoms with van der Waals surface area (Å²) in [6, 6.07) is 0. The van der Waals surface area contributed by atoms with E-state index in [1.165, 1.54) is 18.4 Å². The summed E-state index contributed by atoms with van der Waals surface area (Å²) in [7, 11) is 0. The lowest BCUT2D eigenvalue weighted by atomic mass is 9.87. The van der Waals surface area contributed by atoms with Crippen LogP contribution >= 0.6 is 0 Å². The summed E-state index contributed by atoms with van der Waals surface area (Å²) in [6.45, 7) is 2.25. The summed E-state index contributed by atoms with van der Waals surface area (Å²) in [6.07, 6.45) is 7.52. The lowest BCUT2D eigenvalue weighted by Crippen LogP contribution is -2.04. The molecule has 1 heteroatoms. The Morgan fingerprint density at radius 2 is 2.40 bits per heavy atom. The first kappa shape index (κ1) is 7.52. The summed E-state index contributed by atoms with van der Waals surface area (Å²) in [5, 5.41) is 0. The molecule has 1 aliphatic carbocycles. The van der Waals surface area contributed by atoms with Crippen molar-refractivity contribution in [2.75, 3.05) is 0 Å². The highest BCUT2D eigenvalue weighted by Gasteiger charge is 2.11. The zero-order valence-electron chi connectivity index (χ0n) is 6.47. The molecule has 0 N–H and O–H groups in total.